The topological polar surface area (TPSA) is 64.2 Å². The number of sulfonamides is 1. The number of rotatable bonds is 2. The molecule has 0 aliphatic carbocycles. The highest BCUT2D eigenvalue weighted by Gasteiger charge is 2.34. The summed E-state index contributed by atoms with van der Waals surface area (Å²) < 4.78 is 25.7. The zero-order chi connectivity index (χ0) is 21.5. The van der Waals surface area contributed by atoms with Crippen LogP contribution in [0.25, 0.3) is 0 Å². The molecule has 0 bridgehead atoms. The third kappa shape index (κ3) is 4.12. The molecule has 4 rings (SSSR count). The van der Waals surface area contributed by atoms with Gasteiger partial charge in [0, 0.05) is 43.4 Å². The summed E-state index contributed by atoms with van der Waals surface area (Å²) in [6.45, 7) is 4.91. The molecule has 0 spiro atoms. The number of fused-ring (bicyclic) bond motifs is 1. The Morgan fingerprint density at radius 2 is 1.70 bits per heavy atom. The quantitative estimate of drug-likeness (QED) is 0.708. The van der Waals surface area contributed by atoms with Crippen LogP contribution in [0.1, 0.15) is 11.1 Å². The van der Waals surface area contributed by atoms with Gasteiger partial charge in [0.25, 0.3) is 0 Å². The maximum atomic E-state index is 13.4. The van der Waals surface area contributed by atoms with E-state index in [1.165, 1.54) is 15.6 Å². The predicted octanol–water partition coefficient (Wildman–Crippen LogP) is 3.13. The molecule has 0 radical (unpaired) electrons. The average molecular weight is 449 g/mol. The van der Waals surface area contributed by atoms with E-state index in [4.69, 9.17) is 11.6 Å². The molecule has 160 valence electrons. The molecule has 2 aliphatic rings. The maximum Gasteiger partial charge on any atom is 0.325 e. The van der Waals surface area contributed by atoms with Crippen molar-refractivity contribution in [3.05, 3.63) is 58.6 Å². The van der Waals surface area contributed by atoms with Crippen molar-refractivity contribution in [2.75, 3.05) is 48.9 Å². The lowest BCUT2D eigenvalue weighted by atomic mass is 10.1. The molecule has 0 unspecified atom stereocenters. The van der Waals surface area contributed by atoms with E-state index in [-0.39, 0.29) is 19.2 Å². The highest BCUT2D eigenvalue weighted by Crippen LogP contribution is 2.32. The van der Waals surface area contributed by atoms with Crippen LogP contribution in [-0.2, 0) is 16.6 Å². The van der Waals surface area contributed by atoms with Gasteiger partial charge in [-0.25, -0.2) is 13.2 Å². The lowest BCUT2D eigenvalue weighted by Gasteiger charge is -2.42. The minimum absolute atomic E-state index is 0.00427. The predicted molar refractivity (Wildman–Crippen MR) is 120 cm³/mol. The fraction of sp³-hybridized carbons (Fsp3) is 0.381. The van der Waals surface area contributed by atoms with Crippen molar-refractivity contribution in [3.8, 4) is 0 Å². The van der Waals surface area contributed by atoms with E-state index < -0.39 is 10.0 Å². The Morgan fingerprint density at radius 3 is 2.37 bits per heavy atom. The number of piperazine rings is 1. The van der Waals surface area contributed by atoms with Gasteiger partial charge >= 0.3 is 6.03 Å². The highest BCUT2D eigenvalue weighted by molar-refractivity contribution is 7.88. The van der Waals surface area contributed by atoms with E-state index in [1.54, 1.807) is 28.0 Å². The Hall–Kier alpha value is -2.29. The molecule has 2 aromatic rings. The number of carbonyl (C=O) groups is 1. The second kappa shape index (κ2) is 8.09. The molecule has 0 saturated carbocycles. The summed E-state index contributed by atoms with van der Waals surface area (Å²) in [5.41, 5.74) is 3.84. The first-order valence-corrected chi connectivity index (χ1v) is 12.1. The molecular formula is C21H25ClN4O3S. The molecule has 2 aliphatic heterocycles. The molecular weight excluding hydrogens is 424 g/mol. The fourth-order valence-electron chi connectivity index (χ4n) is 4.03. The smallest absolute Gasteiger partial charge is 0.325 e. The van der Waals surface area contributed by atoms with Gasteiger partial charge in [0.1, 0.15) is 0 Å². The number of para-hydroxylation sites is 1. The van der Waals surface area contributed by atoms with E-state index in [0.29, 0.717) is 23.8 Å². The van der Waals surface area contributed by atoms with E-state index in [0.717, 1.165) is 24.9 Å². The van der Waals surface area contributed by atoms with Gasteiger partial charge in [-0.15, -0.1) is 0 Å². The third-order valence-electron chi connectivity index (χ3n) is 5.68. The summed E-state index contributed by atoms with van der Waals surface area (Å²) >= 11 is 6.11. The Kier molecular flexibility index (Phi) is 5.65. The molecule has 2 amide bonds. The first-order chi connectivity index (χ1) is 14.2. The molecule has 0 aromatic heterocycles. The Bertz CT molecular complexity index is 1070. The number of aryl methyl sites for hydroxylation is 1. The minimum atomic E-state index is -3.46. The maximum absolute atomic E-state index is 13.4. The second-order valence-electron chi connectivity index (χ2n) is 7.76. The molecule has 1 fully saturated rings. The molecule has 9 heteroatoms. The van der Waals surface area contributed by atoms with Crippen molar-refractivity contribution in [2.24, 2.45) is 0 Å². The van der Waals surface area contributed by atoms with Crippen molar-refractivity contribution in [1.82, 2.24) is 9.21 Å². The Labute approximate surface area is 182 Å². The molecule has 2 heterocycles. The normalized spacial score (nSPS) is 17.8. The van der Waals surface area contributed by atoms with Crippen molar-refractivity contribution in [2.45, 2.75) is 13.5 Å². The number of anilines is 2. The summed E-state index contributed by atoms with van der Waals surface area (Å²) in [6.07, 6.45) is 1.16. The van der Waals surface area contributed by atoms with Crippen LogP contribution in [0, 0.1) is 6.92 Å². The van der Waals surface area contributed by atoms with E-state index in [1.807, 2.05) is 12.1 Å². The summed E-state index contributed by atoms with van der Waals surface area (Å²) in [6, 6.07) is 13.3. The zero-order valence-electron chi connectivity index (χ0n) is 17.1. The van der Waals surface area contributed by atoms with Crippen LogP contribution in [-0.4, -0.2) is 62.8 Å². The number of urea groups is 1. The first kappa shape index (κ1) is 21.0. The second-order valence-corrected chi connectivity index (χ2v) is 10.2. The number of nitrogens with zero attached hydrogens (tertiary/aromatic N) is 4. The van der Waals surface area contributed by atoms with Gasteiger partial charge in [0.05, 0.1) is 18.6 Å². The van der Waals surface area contributed by atoms with Gasteiger partial charge in [-0.05, 0) is 42.3 Å². The van der Waals surface area contributed by atoms with Gasteiger partial charge in [-0.1, -0.05) is 29.8 Å². The molecule has 2 aromatic carbocycles. The van der Waals surface area contributed by atoms with E-state index in [9.17, 15) is 13.2 Å². The highest BCUT2D eigenvalue weighted by atomic mass is 35.5. The number of carbonyl (C=O) groups excluding carboxylic acids is 1. The van der Waals surface area contributed by atoms with E-state index >= 15 is 0 Å². The van der Waals surface area contributed by atoms with Gasteiger partial charge in [-0.3, -0.25) is 4.90 Å². The average Bonchev–Trinajstić information content (AvgIpc) is 2.72. The SMILES string of the molecule is Cc1ccccc1N1CCN(C(=O)N2CN(S(C)(=O)=O)Cc3cc(Cl)ccc32)CC1. The van der Waals surface area contributed by atoms with Gasteiger partial charge < -0.3 is 9.80 Å². The first-order valence-electron chi connectivity index (χ1n) is 9.84. The lowest BCUT2D eigenvalue weighted by molar-refractivity contribution is 0.197. The van der Waals surface area contributed by atoms with Crippen LogP contribution < -0.4 is 9.80 Å². The largest absolute Gasteiger partial charge is 0.368 e. The van der Waals surface area contributed by atoms with Gasteiger partial charge in [0.2, 0.25) is 10.0 Å². The van der Waals surface area contributed by atoms with Crippen molar-refractivity contribution in [1.29, 1.82) is 0 Å². The van der Waals surface area contributed by atoms with Crippen LogP contribution in [0.2, 0.25) is 5.02 Å². The lowest BCUT2D eigenvalue weighted by Crippen LogP contribution is -2.56. The zero-order valence-corrected chi connectivity index (χ0v) is 18.7. The number of hydrogen-bond donors (Lipinski definition) is 0. The number of hydrogen-bond acceptors (Lipinski definition) is 4. The van der Waals surface area contributed by atoms with Crippen molar-refractivity contribution < 1.29 is 13.2 Å². The summed E-state index contributed by atoms with van der Waals surface area (Å²) in [5, 5.41) is 0.517. The van der Waals surface area contributed by atoms with Crippen LogP contribution >= 0.6 is 11.6 Å². The fourth-order valence-corrected chi connectivity index (χ4v) is 4.92. The molecule has 7 nitrogen and oxygen atoms in total. The summed E-state index contributed by atoms with van der Waals surface area (Å²) in [7, 11) is -3.46. The number of halogens is 1. The van der Waals surface area contributed by atoms with Crippen LogP contribution in [0.15, 0.2) is 42.5 Å². The summed E-state index contributed by atoms with van der Waals surface area (Å²) in [5.74, 6) is 0. The van der Waals surface area contributed by atoms with Crippen molar-refractivity contribution in [3.63, 3.8) is 0 Å². The van der Waals surface area contributed by atoms with Gasteiger partial charge in [0.15, 0.2) is 0 Å². The van der Waals surface area contributed by atoms with Crippen LogP contribution in [0.4, 0.5) is 16.2 Å². The molecule has 0 N–H and O–H groups in total. The molecule has 1 saturated heterocycles. The minimum Gasteiger partial charge on any atom is -0.368 e. The van der Waals surface area contributed by atoms with Gasteiger partial charge in [-0.2, -0.15) is 4.31 Å². The number of benzene rings is 2. The van der Waals surface area contributed by atoms with Crippen molar-refractivity contribution >= 4 is 39.0 Å². The van der Waals surface area contributed by atoms with Crippen LogP contribution in [0.5, 0.6) is 0 Å². The van der Waals surface area contributed by atoms with Crippen LogP contribution in [0.3, 0.4) is 0 Å². The monoisotopic (exact) mass is 448 g/mol. The number of amides is 2. The summed E-state index contributed by atoms with van der Waals surface area (Å²) in [4.78, 5) is 19.0. The standard InChI is InChI=1S/C21H25ClN4O3S/c1-16-5-3-4-6-19(16)23-9-11-24(12-10-23)21(27)26-15-25(30(2,28)29)14-17-13-18(22)7-8-20(17)26/h3-8,13H,9-12,14-15H2,1-2H3. The Morgan fingerprint density at radius 1 is 1.00 bits per heavy atom. The third-order valence-corrected chi connectivity index (χ3v) is 7.10. The Balaban J connectivity index is 1.54. The molecule has 0 atom stereocenters. The molecule has 30 heavy (non-hydrogen) atoms. The van der Waals surface area contributed by atoms with E-state index in [2.05, 4.69) is 24.0 Å².